The normalized spacial score (nSPS) is 23.8. The third-order valence-corrected chi connectivity index (χ3v) is 4.53. The van der Waals surface area contributed by atoms with Crippen molar-refractivity contribution in [2.45, 2.75) is 50.4 Å². The van der Waals surface area contributed by atoms with E-state index in [1.165, 1.54) is 13.5 Å². The molecule has 7 nitrogen and oxygen atoms in total. The zero-order valence-corrected chi connectivity index (χ0v) is 12.5. The van der Waals surface area contributed by atoms with Crippen LogP contribution < -0.4 is 0 Å². The lowest BCUT2D eigenvalue weighted by atomic mass is 9.74. The predicted molar refractivity (Wildman–Crippen MR) is 72.9 cm³/mol. The van der Waals surface area contributed by atoms with Crippen molar-refractivity contribution >= 4 is 5.97 Å². The molecule has 0 bridgehead atoms. The average Bonchev–Trinajstić information content (AvgIpc) is 2.89. The minimum Gasteiger partial charge on any atom is -0.464 e. The molecule has 1 saturated heterocycles. The first-order valence-corrected chi connectivity index (χ1v) is 7.34. The second-order valence-corrected chi connectivity index (χ2v) is 5.79. The summed E-state index contributed by atoms with van der Waals surface area (Å²) in [6.07, 6.45) is 5.25. The van der Waals surface area contributed by atoms with E-state index in [9.17, 15) is 4.79 Å². The molecule has 1 aliphatic carbocycles. The molecular weight excluding hydrogens is 274 g/mol. The Morgan fingerprint density at radius 3 is 2.90 bits per heavy atom. The second kappa shape index (κ2) is 5.73. The summed E-state index contributed by atoms with van der Waals surface area (Å²) in [7, 11) is 2.94. The lowest BCUT2D eigenvalue weighted by molar-refractivity contribution is -0.142. The Labute approximate surface area is 123 Å². The lowest BCUT2D eigenvalue weighted by Gasteiger charge is -2.47. The van der Waals surface area contributed by atoms with Gasteiger partial charge < -0.3 is 14.2 Å². The molecule has 1 saturated carbocycles. The summed E-state index contributed by atoms with van der Waals surface area (Å²) in [5, 5.41) is 8.17. The SMILES string of the molecule is COCc1c(C(=O)OC)nnn1C1CCOC2(CCC2)C1. The van der Waals surface area contributed by atoms with Crippen molar-refractivity contribution in [3.05, 3.63) is 11.4 Å². The van der Waals surface area contributed by atoms with E-state index in [0.29, 0.717) is 12.3 Å². The maximum Gasteiger partial charge on any atom is 0.360 e. The highest BCUT2D eigenvalue weighted by atomic mass is 16.5. The number of ether oxygens (including phenoxy) is 3. The van der Waals surface area contributed by atoms with Gasteiger partial charge in [-0.3, -0.25) is 0 Å². The maximum absolute atomic E-state index is 11.8. The summed E-state index contributed by atoms with van der Waals surface area (Å²) >= 11 is 0. The topological polar surface area (TPSA) is 75.5 Å². The van der Waals surface area contributed by atoms with Crippen LogP contribution in [0.5, 0.6) is 0 Å². The van der Waals surface area contributed by atoms with Crippen molar-refractivity contribution in [3.63, 3.8) is 0 Å². The van der Waals surface area contributed by atoms with Crippen molar-refractivity contribution in [2.75, 3.05) is 20.8 Å². The van der Waals surface area contributed by atoms with Gasteiger partial charge in [-0.2, -0.15) is 0 Å². The molecule has 1 aromatic heterocycles. The van der Waals surface area contributed by atoms with Gasteiger partial charge in [0.05, 0.1) is 31.1 Å². The van der Waals surface area contributed by atoms with E-state index < -0.39 is 5.97 Å². The van der Waals surface area contributed by atoms with E-state index in [1.54, 1.807) is 7.11 Å². The number of carbonyl (C=O) groups excluding carboxylic acids is 1. The average molecular weight is 295 g/mol. The molecule has 7 heteroatoms. The van der Waals surface area contributed by atoms with Crippen molar-refractivity contribution in [1.29, 1.82) is 0 Å². The van der Waals surface area contributed by atoms with Gasteiger partial charge >= 0.3 is 5.97 Å². The highest BCUT2D eigenvalue weighted by Crippen LogP contribution is 2.45. The Kier molecular flexibility index (Phi) is 3.95. The number of carbonyl (C=O) groups is 1. The van der Waals surface area contributed by atoms with Gasteiger partial charge in [-0.25, -0.2) is 9.48 Å². The van der Waals surface area contributed by atoms with Crippen molar-refractivity contribution in [1.82, 2.24) is 15.0 Å². The number of hydrogen-bond donors (Lipinski definition) is 0. The Morgan fingerprint density at radius 2 is 2.29 bits per heavy atom. The Morgan fingerprint density at radius 1 is 1.48 bits per heavy atom. The van der Waals surface area contributed by atoms with Crippen molar-refractivity contribution in [3.8, 4) is 0 Å². The zero-order chi connectivity index (χ0) is 14.9. The summed E-state index contributed by atoms with van der Waals surface area (Å²) in [4.78, 5) is 11.8. The van der Waals surface area contributed by atoms with Gasteiger partial charge in [-0.1, -0.05) is 5.21 Å². The van der Waals surface area contributed by atoms with Crippen LogP contribution in [0.3, 0.4) is 0 Å². The molecule has 1 spiro atoms. The zero-order valence-electron chi connectivity index (χ0n) is 12.5. The summed E-state index contributed by atoms with van der Waals surface area (Å²) in [6.45, 7) is 1.02. The molecule has 2 heterocycles. The summed E-state index contributed by atoms with van der Waals surface area (Å²) < 4.78 is 17.7. The molecule has 0 N–H and O–H groups in total. The molecule has 116 valence electrons. The number of rotatable bonds is 4. The number of nitrogens with zero attached hydrogens (tertiary/aromatic N) is 3. The highest BCUT2D eigenvalue weighted by molar-refractivity contribution is 5.88. The van der Waals surface area contributed by atoms with Crippen LogP contribution in [0.1, 0.15) is 54.3 Å². The molecule has 2 fully saturated rings. The number of aromatic nitrogens is 3. The Bertz CT molecular complexity index is 524. The molecule has 1 unspecified atom stereocenters. The van der Waals surface area contributed by atoms with E-state index >= 15 is 0 Å². The summed E-state index contributed by atoms with van der Waals surface area (Å²) in [5.74, 6) is -0.473. The minimum absolute atomic E-state index is 0.0185. The third-order valence-electron chi connectivity index (χ3n) is 4.53. The van der Waals surface area contributed by atoms with Gasteiger partial charge in [-0.15, -0.1) is 5.10 Å². The molecular formula is C14H21N3O4. The number of hydrogen-bond acceptors (Lipinski definition) is 6. The van der Waals surface area contributed by atoms with Gasteiger partial charge in [0, 0.05) is 13.7 Å². The van der Waals surface area contributed by atoms with E-state index in [1.807, 2.05) is 4.68 Å². The van der Waals surface area contributed by atoms with Crippen LogP contribution in [0, 0.1) is 0 Å². The fourth-order valence-corrected chi connectivity index (χ4v) is 3.26. The molecule has 3 rings (SSSR count). The third kappa shape index (κ3) is 2.55. The number of esters is 1. The first kappa shape index (κ1) is 14.5. The highest BCUT2D eigenvalue weighted by Gasteiger charge is 2.44. The lowest BCUT2D eigenvalue weighted by Crippen LogP contribution is -2.46. The minimum atomic E-state index is -0.473. The van der Waals surface area contributed by atoms with Crippen molar-refractivity contribution < 1.29 is 19.0 Å². The molecule has 1 atom stereocenters. The molecule has 21 heavy (non-hydrogen) atoms. The second-order valence-electron chi connectivity index (χ2n) is 5.79. The molecule has 2 aliphatic rings. The molecule has 0 aromatic carbocycles. The van der Waals surface area contributed by atoms with E-state index in [4.69, 9.17) is 14.2 Å². The van der Waals surface area contributed by atoms with Crippen LogP contribution in [0.15, 0.2) is 0 Å². The predicted octanol–water partition coefficient (Wildman–Crippen LogP) is 1.49. The maximum atomic E-state index is 11.8. The largest absolute Gasteiger partial charge is 0.464 e. The first-order chi connectivity index (χ1) is 10.2. The fourth-order valence-electron chi connectivity index (χ4n) is 3.26. The van der Waals surface area contributed by atoms with Crippen LogP contribution in [-0.4, -0.2) is 47.4 Å². The van der Waals surface area contributed by atoms with Crippen LogP contribution >= 0.6 is 0 Å². The van der Waals surface area contributed by atoms with Gasteiger partial charge in [0.1, 0.15) is 0 Å². The van der Waals surface area contributed by atoms with Gasteiger partial charge in [0.25, 0.3) is 0 Å². The monoisotopic (exact) mass is 295 g/mol. The smallest absolute Gasteiger partial charge is 0.360 e. The standard InChI is InChI=1S/C14H21N3O4/c1-19-9-11-12(13(18)20-2)15-16-17(11)10-4-7-21-14(8-10)5-3-6-14/h10H,3-9H2,1-2H3. The van der Waals surface area contributed by atoms with Crippen molar-refractivity contribution in [2.24, 2.45) is 0 Å². The van der Waals surface area contributed by atoms with E-state index in [2.05, 4.69) is 10.3 Å². The van der Waals surface area contributed by atoms with Gasteiger partial charge in [0.2, 0.25) is 0 Å². The number of methoxy groups -OCH3 is 2. The first-order valence-electron chi connectivity index (χ1n) is 7.34. The van der Waals surface area contributed by atoms with Crippen LogP contribution in [0.25, 0.3) is 0 Å². The molecule has 1 aliphatic heterocycles. The van der Waals surface area contributed by atoms with Crippen LogP contribution in [-0.2, 0) is 20.8 Å². The summed E-state index contributed by atoms with van der Waals surface area (Å²) in [6, 6.07) is 0.204. The van der Waals surface area contributed by atoms with E-state index in [-0.39, 0.29) is 17.3 Å². The van der Waals surface area contributed by atoms with E-state index in [0.717, 1.165) is 32.3 Å². The van der Waals surface area contributed by atoms with Crippen LogP contribution in [0.2, 0.25) is 0 Å². The summed E-state index contributed by atoms with van der Waals surface area (Å²) in [5.41, 5.74) is 0.948. The Balaban J connectivity index is 1.86. The van der Waals surface area contributed by atoms with Gasteiger partial charge in [-0.05, 0) is 32.1 Å². The van der Waals surface area contributed by atoms with Gasteiger partial charge in [0.15, 0.2) is 5.69 Å². The molecule has 1 aromatic rings. The molecule has 0 amide bonds. The molecule has 0 radical (unpaired) electrons. The van der Waals surface area contributed by atoms with Crippen LogP contribution in [0.4, 0.5) is 0 Å². The fraction of sp³-hybridized carbons (Fsp3) is 0.786. The quantitative estimate of drug-likeness (QED) is 0.783. The Hall–Kier alpha value is -1.47.